The van der Waals surface area contributed by atoms with E-state index in [1.807, 2.05) is 0 Å². The molecule has 1 aromatic carbocycles. The lowest BCUT2D eigenvalue weighted by Crippen LogP contribution is -1.94. The van der Waals surface area contributed by atoms with Crippen LogP contribution in [0.4, 0.5) is 5.69 Å². The highest BCUT2D eigenvalue weighted by atomic mass is 16.6. The fourth-order valence-corrected chi connectivity index (χ4v) is 0.986. The van der Waals surface area contributed by atoms with Crippen LogP contribution in [0.1, 0.15) is 15.9 Å². The summed E-state index contributed by atoms with van der Waals surface area (Å²) < 4.78 is 0. The largest absolute Gasteiger partial charge is 0.298 e. The summed E-state index contributed by atoms with van der Waals surface area (Å²) in [6, 6.07) is 3.84. The molecule has 0 aliphatic heterocycles. The Morgan fingerprint density at radius 3 is 2.60 bits per heavy atom. The standard InChI is InChI=1S/C10H5NO4/c12-5-1-2-9-4-3-8(7-13)6-10(9)11(14)15/h3-7H. The molecule has 0 N–H and O–H groups in total. The van der Waals surface area contributed by atoms with Gasteiger partial charge >= 0.3 is 0 Å². The molecule has 1 rings (SSSR count). The van der Waals surface area contributed by atoms with Crippen LogP contribution in [0.15, 0.2) is 18.2 Å². The molecular formula is C10H5NO4. The van der Waals surface area contributed by atoms with Crippen LogP contribution in [0.25, 0.3) is 0 Å². The maximum Gasteiger partial charge on any atom is 0.285 e. The molecule has 0 aliphatic rings. The third kappa shape index (κ3) is 2.48. The second-order valence-electron chi connectivity index (χ2n) is 2.54. The van der Waals surface area contributed by atoms with Gasteiger partial charge in [0.15, 0.2) is 6.29 Å². The second kappa shape index (κ2) is 4.67. The minimum Gasteiger partial charge on any atom is -0.298 e. The highest BCUT2D eigenvalue weighted by Crippen LogP contribution is 2.18. The first-order valence-corrected chi connectivity index (χ1v) is 3.88. The molecule has 5 nitrogen and oxygen atoms in total. The van der Waals surface area contributed by atoms with Gasteiger partial charge in [-0.25, -0.2) is 0 Å². The van der Waals surface area contributed by atoms with Gasteiger partial charge in [-0.1, -0.05) is 5.92 Å². The highest BCUT2D eigenvalue weighted by molar-refractivity contribution is 5.79. The quantitative estimate of drug-likeness (QED) is 0.310. The number of rotatable bonds is 2. The summed E-state index contributed by atoms with van der Waals surface area (Å²) in [6.07, 6.45) is 0.849. The maximum atomic E-state index is 10.6. The molecule has 15 heavy (non-hydrogen) atoms. The molecule has 0 amide bonds. The lowest BCUT2D eigenvalue weighted by atomic mass is 10.1. The van der Waals surface area contributed by atoms with Crippen molar-refractivity contribution in [2.24, 2.45) is 0 Å². The number of aldehydes is 2. The Morgan fingerprint density at radius 1 is 1.33 bits per heavy atom. The lowest BCUT2D eigenvalue weighted by molar-refractivity contribution is -0.385. The molecule has 74 valence electrons. The number of benzene rings is 1. The van der Waals surface area contributed by atoms with Crippen molar-refractivity contribution in [1.29, 1.82) is 0 Å². The van der Waals surface area contributed by atoms with Gasteiger partial charge in [-0.05, 0) is 18.1 Å². The topological polar surface area (TPSA) is 77.3 Å². The number of carbonyl (C=O) groups is 2. The third-order valence-electron chi connectivity index (χ3n) is 1.62. The van der Waals surface area contributed by atoms with Gasteiger partial charge in [0.25, 0.3) is 5.69 Å². The molecule has 0 fully saturated rings. The van der Waals surface area contributed by atoms with Crippen molar-refractivity contribution in [2.75, 3.05) is 0 Å². The molecule has 0 heterocycles. The van der Waals surface area contributed by atoms with E-state index in [9.17, 15) is 19.7 Å². The number of nitrogens with zero attached hydrogens (tertiary/aromatic N) is 1. The van der Waals surface area contributed by atoms with Gasteiger partial charge in [-0.2, -0.15) is 0 Å². The lowest BCUT2D eigenvalue weighted by Gasteiger charge is -1.95. The molecule has 0 saturated carbocycles. The van der Waals surface area contributed by atoms with E-state index in [-0.39, 0.29) is 16.8 Å². The van der Waals surface area contributed by atoms with Crippen LogP contribution in [0, 0.1) is 22.0 Å². The number of nitro benzene ring substituents is 1. The van der Waals surface area contributed by atoms with E-state index in [0.717, 1.165) is 6.07 Å². The zero-order valence-corrected chi connectivity index (χ0v) is 7.47. The Balaban J connectivity index is 3.32. The van der Waals surface area contributed by atoms with Crippen molar-refractivity contribution >= 4 is 18.3 Å². The molecule has 0 radical (unpaired) electrons. The van der Waals surface area contributed by atoms with E-state index >= 15 is 0 Å². The first-order chi connectivity index (χ1) is 7.19. The van der Waals surface area contributed by atoms with Crippen LogP contribution in [0.2, 0.25) is 0 Å². The van der Waals surface area contributed by atoms with Gasteiger partial charge in [-0.3, -0.25) is 19.7 Å². The van der Waals surface area contributed by atoms with Crippen LogP contribution >= 0.6 is 0 Å². The Morgan fingerprint density at radius 2 is 2.07 bits per heavy atom. The summed E-state index contributed by atoms with van der Waals surface area (Å²) in [5.41, 5.74) is 0.0185. The molecule has 0 aromatic heterocycles. The number of hydrogen-bond acceptors (Lipinski definition) is 4. The second-order valence-corrected chi connectivity index (χ2v) is 2.54. The van der Waals surface area contributed by atoms with Crippen molar-refractivity contribution < 1.29 is 14.5 Å². The summed E-state index contributed by atoms with van der Waals surface area (Å²) in [5, 5.41) is 10.6. The van der Waals surface area contributed by atoms with Crippen LogP contribution in [-0.4, -0.2) is 17.5 Å². The number of carbonyl (C=O) groups excluding carboxylic acids is 2. The predicted molar refractivity (Wildman–Crippen MR) is 51.4 cm³/mol. The summed E-state index contributed by atoms with van der Waals surface area (Å²) in [6.45, 7) is 0. The number of nitro groups is 1. The van der Waals surface area contributed by atoms with Gasteiger partial charge in [0.05, 0.1) is 4.92 Å². The minimum atomic E-state index is -0.651. The first-order valence-electron chi connectivity index (χ1n) is 3.88. The summed E-state index contributed by atoms with van der Waals surface area (Å²) in [7, 11) is 0. The van der Waals surface area contributed by atoms with Gasteiger partial charge < -0.3 is 0 Å². The van der Waals surface area contributed by atoms with Crippen molar-refractivity contribution in [1.82, 2.24) is 0 Å². The van der Waals surface area contributed by atoms with E-state index in [0.29, 0.717) is 12.6 Å². The summed E-state index contributed by atoms with van der Waals surface area (Å²) in [5.74, 6) is 4.39. The van der Waals surface area contributed by atoms with E-state index < -0.39 is 4.92 Å². The van der Waals surface area contributed by atoms with Crippen LogP contribution < -0.4 is 0 Å². The summed E-state index contributed by atoms with van der Waals surface area (Å²) >= 11 is 0. The molecule has 0 aliphatic carbocycles. The molecule has 0 saturated heterocycles. The molecule has 0 bridgehead atoms. The average molecular weight is 203 g/mol. The fraction of sp³-hybridized carbons (Fsp3) is 0. The van der Waals surface area contributed by atoms with Crippen LogP contribution in [0.3, 0.4) is 0 Å². The Bertz CT molecular complexity index is 482. The van der Waals surface area contributed by atoms with E-state index in [2.05, 4.69) is 11.8 Å². The molecule has 5 heteroatoms. The fourth-order valence-electron chi connectivity index (χ4n) is 0.986. The van der Waals surface area contributed by atoms with Crippen molar-refractivity contribution in [3.8, 4) is 11.8 Å². The van der Waals surface area contributed by atoms with E-state index in [1.54, 1.807) is 0 Å². The van der Waals surface area contributed by atoms with Gasteiger partial charge in [-0.15, -0.1) is 0 Å². The summed E-state index contributed by atoms with van der Waals surface area (Å²) in [4.78, 5) is 30.3. The zero-order valence-electron chi connectivity index (χ0n) is 7.47. The third-order valence-corrected chi connectivity index (χ3v) is 1.62. The SMILES string of the molecule is O=CC#Cc1ccc(C=O)cc1[N+](=O)[O-]. The molecule has 0 spiro atoms. The Hall–Kier alpha value is -2.48. The first kappa shape index (κ1) is 10.6. The predicted octanol–water partition coefficient (Wildman–Crippen LogP) is 0.958. The van der Waals surface area contributed by atoms with Crippen LogP contribution in [-0.2, 0) is 4.79 Å². The van der Waals surface area contributed by atoms with Crippen molar-refractivity contribution in [2.45, 2.75) is 0 Å². The monoisotopic (exact) mass is 203 g/mol. The Labute approximate surface area is 84.9 Å². The van der Waals surface area contributed by atoms with Crippen molar-refractivity contribution in [3.63, 3.8) is 0 Å². The highest BCUT2D eigenvalue weighted by Gasteiger charge is 2.12. The number of hydrogen-bond donors (Lipinski definition) is 0. The average Bonchev–Trinajstić information content (AvgIpc) is 2.26. The molecule has 0 unspecified atom stereocenters. The molecule has 0 atom stereocenters. The Kier molecular flexibility index (Phi) is 3.30. The van der Waals surface area contributed by atoms with Gasteiger partial charge in [0, 0.05) is 11.6 Å². The van der Waals surface area contributed by atoms with E-state index in [1.165, 1.54) is 12.1 Å². The van der Waals surface area contributed by atoms with Gasteiger partial charge in [0.1, 0.15) is 11.8 Å². The normalized spacial score (nSPS) is 8.53. The van der Waals surface area contributed by atoms with Gasteiger partial charge in [0.2, 0.25) is 0 Å². The molecule has 1 aromatic rings. The smallest absolute Gasteiger partial charge is 0.285 e. The van der Waals surface area contributed by atoms with Crippen LogP contribution in [0.5, 0.6) is 0 Å². The zero-order chi connectivity index (χ0) is 11.3. The van der Waals surface area contributed by atoms with E-state index in [4.69, 9.17) is 0 Å². The minimum absolute atomic E-state index is 0.109. The molecular weight excluding hydrogens is 198 g/mol. The maximum absolute atomic E-state index is 10.6. The van der Waals surface area contributed by atoms with Crippen molar-refractivity contribution in [3.05, 3.63) is 39.4 Å².